The van der Waals surface area contributed by atoms with E-state index in [1.54, 1.807) is 0 Å². The molecule has 0 fully saturated rings. The van der Waals surface area contributed by atoms with E-state index in [0.29, 0.717) is 0 Å². The molecule has 188 valence electrons. The molecule has 6 heteroatoms. The molecular formula is C32H30N6. The Hall–Kier alpha value is -4.71. The number of aromatic nitrogens is 5. The van der Waals surface area contributed by atoms with Crippen LogP contribution in [-0.2, 0) is 0 Å². The molecule has 0 amide bonds. The van der Waals surface area contributed by atoms with Crippen LogP contribution in [0.25, 0.3) is 55.4 Å². The highest BCUT2D eigenvalue weighted by atomic mass is 15.1. The van der Waals surface area contributed by atoms with Crippen molar-refractivity contribution in [3.63, 3.8) is 0 Å². The first-order valence-corrected chi connectivity index (χ1v) is 12.7. The Labute approximate surface area is 221 Å². The van der Waals surface area contributed by atoms with E-state index in [0.717, 1.165) is 73.3 Å². The third kappa shape index (κ3) is 4.68. The van der Waals surface area contributed by atoms with Crippen molar-refractivity contribution < 1.29 is 0 Å². The van der Waals surface area contributed by atoms with Crippen molar-refractivity contribution in [3.8, 4) is 33.6 Å². The Kier molecular flexibility index (Phi) is 5.80. The standard InChI is InChI=1S/C32H30N6/c1-20(17-32(2,3)4)35-24-14-23(18-34-19-24)22-8-9-29-27(15-22)31(38-37-29)30-16-26-25(6-5-7-28(26)36-30)21-10-12-33-13-11-21/h5-16,18-19,35-36H,1,17H2,2-4H3,(H,37,38). The van der Waals surface area contributed by atoms with Gasteiger partial charge in [0.2, 0.25) is 0 Å². The molecule has 4 aromatic heterocycles. The summed E-state index contributed by atoms with van der Waals surface area (Å²) < 4.78 is 0. The first-order valence-electron chi connectivity index (χ1n) is 12.7. The zero-order valence-corrected chi connectivity index (χ0v) is 21.8. The predicted molar refractivity (Wildman–Crippen MR) is 157 cm³/mol. The Morgan fingerprint density at radius 2 is 1.68 bits per heavy atom. The molecule has 0 radical (unpaired) electrons. The monoisotopic (exact) mass is 498 g/mol. The molecule has 6 nitrogen and oxygen atoms in total. The molecule has 6 aromatic rings. The number of nitrogens with zero attached hydrogens (tertiary/aromatic N) is 3. The maximum absolute atomic E-state index is 4.68. The van der Waals surface area contributed by atoms with Crippen molar-refractivity contribution in [2.75, 3.05) is 5.32 Å². The average Bonchev–Trinajstić information content (AvgIpc) is 3.51. The van der Waals surface area contributed by atoms with E-state index in [1.807, 2.05) is 36.9 Å². The molecule has 38 heavy (non-hydrogen) atoms. The van der Waals surface area contributed by atoms with E-state index >= 15 is 0 Å². The second kappa shape index (κ2) is 9.30. The summed E-state index contributed by atoms with van der Waals surface area (Å²) in [5, 5.41) is 13.5. The van der Waals surface area contributed by atoms with Crippen molar-refractivity contribution in [2.24, 2.45) is 5.41 Å². The normalized spacial score (nSPS) is 11.8. The van der Waals surface area contributed by atoms with E-state index in [9.17, 15) is 0 Å². The third-order valence-electron chi connectivity index (χ3n) is 6.61. The van der Waals surface area contributed by atoms with E-state index in [4.69, 9.17) is 0 Å². The highest BCUT2D eigenvalue weighted by molar-refractivity contribution is 6.01. The van der Waals surface area contributed by atoms with Crippen LogP contribution in [0.15, 0.2) is 97.7 Å². The van der Waals surface area contributed by atoms with Crippen LogP contribution in [0, 0.1) is 5.41 Å². The minimum absolute atomic E-state index is 0.166. The quantitative estimate of drug-likeness (QED) is 0.216. The van der Waals surface area contributed by atoms with Crippen molar-refractivity contribution in [1.82, 2.24) is 25.1 Å². The number of anilines is 1. The number of fused-ring (bicyclic) bond motifs is 2. The van der Waals surface area contributed by atoms with Crippen LogP contribution in [0.1, 0.15) is 27.2 Å². The second-order valence-corrected chi connectivity index (χ2v) is 10.9. The molecule has 0 spiro atoms. The maximum Gasteiger partial charge on any atom is 0.116 e. The van der Waals surface area contributed by atoms with E-state index < -0.39 is 0 Å². The van der Waals surface area contributed by atoms with Gasteiger partial charge in [-0.1, -0.05) is 45.5 Å². The average molecular weight is 499 g/mol. The van der Waals surface area contributed by atoms with Crippen LogP contribution in [0.2, 0.25) is 0 Å². The first-order chi connectivity index (χ1) is 18.3. The van der Waals surface area contributed by atoms with Gasteiger partial charge < -0.3 is 10.3 Å². The zero-order valence-electron chi connectivity index (χ0n) is 21.8. The number of rotatable bonds is 6. The number of benzene rings is 2. The van der Waals surface area contributed by atoms with E-state index in [-0.39, 0.29) is 5.41 Å². The third-order valence-corrected chi connectivity index (χ3v) is 6.61. The van der Waals surface area contributed by atoms with Crippen LogP contribution in [0.4, 0.5) is 5.69 Å². The predicted octanol–water partition coefficient (Wildman–Crippen LogP) is 8.20. The Balaban J connectivity index is 1.36. The molecule has 6 rings (SSSR count). The number of allylic oxidation sites excluding steroid dienone is 1. The summed E-state index contributed by atoms with van der Waals surface area (Å²) in [5.41, 5.74) is 10.4. The van der Waals surface area contributed by atoms with Crippen molar-refractivity contribution in [2.45, 2.75) is 27.2 Å². The SMILES string of the molecule is C=C(CC(C)(C)C)Nc1cncc(-c2ccc3[nH]nc(-c4cc5c(-c6ccncc6)cccc5[nH]4)c3c2)c1. The van der Waals surface area contributed by atoms with Gasteiger partial charge in [0.15, 0.2) is 0 Å². The molecule has 0 saturated carbocycles. The molecule has 0 aliphatic heterocycles. The summed E-state index contributed by atoms with van der Waals surface area (Å²) in [7, 11) is 0. The molecule has 0 unspecified atom stereocenters. The van der Waals surface area contributed by atoms with Crippen molar-refractivity contribution in [3.05, 3.63) is 97.7 Å². The van der Waals surface area contributed by atoms with Crippen LogP contribution >= 0.6 is 0 Å². The zero-order chi connectivity index (χ0) is 26.3. The summed E-state index contributed by atoms with van der Waals surface area (Å²) in [6, 6.07) is 21.0. The van der Waals surface area contributed by atoms with E-state index in [1.165, 1.54) is 0 Å². The summed E-state index contributed by atoms with van der Waals surface area (Å²) in [6.45, 7) is 10.8. The maximum atomic E-state index is 4.68. The fraction of sp³-hybridized carbons (Fsp3) is 0.156. The topological polar surface area (TPSA) is 82.3 Å². The molecule has 0 aliphatic rings. The van der Waals surface area contributed by atoms with Gasteiger partial charge in [-0.15, -0.1) is 0 Å². The Morgan fingerprint density at radius 3 is 2.50 bits per heavy atom. The van der Waals surface area contributed by atoms with Gasteiger partial charge in [0.25, 0.3) is 0 Å². The molecule has 0 saturated heterocycles. The molecule has 3 N–H and O–H groups in total. The van der Waals surface area contributed by atoms with Gasteiger partial charge in [-0.2, -0.15) is 5.10 Å². The number of hydrogen-bond acceptors (Lipinski definition) is 4. The second-order valence-electron chi connectivity index (χ2n) is 10.9. The lowest BCUT2D eigenvalue weighted by molar-refractivity contribution is 0.411. The number of nitrogens with one attached hydrogen (secondary N) is 3. The van der Waals surface area contributed by atoms with E-state index in [2.05, 4.69) is 106 Å². The fourth-order valence-corrected chi connectivity index (χ4v) is 5.02. The summed E-state index contributed by atoms with van der Waals surface area (Å²) >= 11 is 0. The number of hydrogen-bond donors (Lipinski definition) is 3. The van der Waals surface area contributed by atoms with Crippen LogP contribution in [0.5, 0.6) is 0 Å². The van der Waals surface area contributed by atoms with Gasteiger partial charge in [-0.05, 0) is 71.0 Å². The first kappa shape index (κ1) is 23.7. The van der Waals surface area contributed by atoms with Gasteiger partial charge in [-0.25, -0.2) is 0 Å². The van der Waals surface area contributed by atoms with Gasteiger partial charge >= 0.3 is 0 Å². The molecule has 4 heterocycles. The largest absolute Gasteiger partial charge is 0.358 e. The molecular weight excluding hydrogens is 468 g/mol. The minimum atomic E-state index is 0.166. The molecule has 0 atom stereocenters. The lowest BCUT2D eigenvalue weighted by Crippen LogP contribution is -2.10. The lowest BCUT2D eigenvalue weighted by atomic mass is 9.91. The summed E-state index contributed by atoms with van der Waals surface area (Å²) in [4.78, 5) is 12.2. The van der Waals surface area contributed by atoms with Crippen LogP contribution in [-0.4, -0.2) is 25.1 Å². The highest BCUT2D eigenvalue weighted by Crippen LogP contribution is 2.35. The van der Waals surface area contributed by atoms with Gasteiger partial charge in [0.1, 0.15) is 5.69 Å². The number of pyridine rings is 2. The van der Waals surface area contributed by atoms with Gasteiger partial charge in [0.05, 0.1) is 23.1 Å². The number of aromatic amines is 2. The van der Waals surface area contributed by atoms with Crippen molar-refractivity contribution in [1.29, 1.82) is 0 Å². The number of H-pyrrole nitrogens is 2. The molecule has 0 aliphatic carbocycles. The summed E-state index contributed by atoms with van der Waals surface area (Å²) in [6.07, 6.45) is 8.26. The summed E-state index contributed by atoms with van der Waals surface area (Å²) in [5.74, 6) is 0. The van der Waals surface area contributed by atoms with Crippen molar-refractivity contribution >= 4 is 27.5 Å². The van der Waals surface area contributed by atoms with Crippen LogP contribution in [0.3, 0.4) is 0 Å². The van der Waals surface area contributed by atoms with Gasteiger partial charge in [-0.3, -0.25) is 15.1 Å². The van der Waals surface area contributed by atoms with Crippen LogP contribution < -0.4 is 5.32 Å². The van der Waals surface area contributed by atoms with Gasteiger partial charge in [0, 0.05) is 46.1 Å². The Bertz CT molecular complexity index is 1770. The fourth-order valence-electron chi connectivity index (χ4n) is 5.02. The lowest BCUT2D eigenvalue weighted by Gasteiger charge is -2.20. The minimum Gasteiger partial charge on any atom is -0.358 e. The smallest absolute Gasteiger partial charge is 0.116 e. The Morgan fingerprint density at radius 1 is 0.842 bits per heavy atom. The molecule has 0 bridgehead atoms. The molecule has 2 aromatic carbocycles. The highest BCUT2D eigenvalue weighted by Gasteiger charge is 2.15.